The Hall–Kier alpha value is -4.77. The lowest BCUT2D eigenvalue weighted by atomic mass is 10.2. The quantitative estimate of drug-likeness (QED) is 0.200. The average molecular weight is 489 g/mol. The first-order valence-corrected chi connectivity index (χ1v) is 10.9. The maximum absolute atomic E-state index is 12.7. The van der Waals surface area contributed by atoms with Crippen LogP contribution in [0.15, 0.2) is 72.8 Å². The third-order valence-electron chi connectivity index (χ3n) is 5.12. The Bertz CT molecular complexity index is 1370. The number of benzene rings is 3. The molecule has 4 aromatic rings. The number of nitrogens with zero attached hydrogens (tertiary/aromatic N) is 4. The molecule has 0 atom stereocenters. The Kier molecular flexibility index (Phi) is 7.51. The van der Waals surface area contributed by atoms with E-state index in [4.69, 9.17) is 14.2 Å². The Morgan fingerprint density at radius 3 is 2.53 bits per heavy atom. The van der Waals surface area contributed by atoms with E-state index in [2.05, 4.69) is 15.4 Å². The molecule has 0 bridgehead atoms. The molecule has 0 aliphatic carbocycles. The van der Waals surface area contributed by atoms with Crippen LogP contribution in [0.1, 0.15) is 10.4 Å². The smallest absolute Gasteiger partial charge is 0.336 e. The van der Waals surface area contributed by atoms with Crippen molar-refractivity contribution in [3.05, 3.63) is 88.5 Å². The van der Waals surface area contributed by atoms with Crippen molar-refractivity contribution in [3.63, 3.8) is 0 Å². The SMILES string of the molecule is COCCOc1nc(-c2cccc(OC)c2)n(-c2cccc(NC(=O)c3ccc([N+](=O)[O-])cc3)c2)n1. The number of non-ortho nitro benzene ring substituents is 1. The molecule has 0 spiro atoms. The van der Waals surface area contributed by atoms with Gasteiger partial charge in [0.2, 0.25) is 0 Å². The van der Waals surface area contributed by atoms with E-state index in [1.165, 1.54) is 24.3 Å². The van der Waals surface area contributed by atoms with Crippen molar-refractivity contribution in [3.8, 4) is 28.8 Å². The molecule has 11 nitrogen and oxygen atoms in total. The van der Waals surface area contributed by atoms with Crippen molar-refractivity contribution in [2.24, 2.45) is 0 Å². The van der Waals surface area contributed by atoms with Gasteiger partial charge in [0.05, 0.1) is 24.3 Å². The Labute approximate surface area is 206 Å². The number of hydrogen-bond donors (Lipinski definition) is 1. The number of carbonyl (C=O) groups is 1. The number of hydrogen-bond acceptors (Lipinski definition) is 8. The molecule has 0 unspecified atom stereocenters. The number of rotatable bonds is 10. The van der Waals surface area contributed by atoms with Crippen LogP contribution >= 0.6 is 0 Å². The van der Waals surface area contributed by atoms with Crippen LogP contribution in [0.2, 0.25) is 0 Å². The normalized spacial score (nSPS) is 10.6. The van der Waals surface area contributed by atoms with E-state index in [1.54, 1.807) is 37.1 Å². The fourth-order valence-corrected chi connectivity index (χ4v) is 3.35. The standard InChI is InChI=1S/C25H23N5O6/c1-34-13-14-36-25-27-23(18-5-3-8-22(15-18)35-2)29(28-25)21-7-4-6-19(16-21)26-24(31)17-9-11-20(12-10-17)30(32)33/h3-12,15-16H,13-14H2,1-2H3,(H,26,31). The minimum absolute atomic E-state index is 0.0895. The summed E-state index contributed by atoms with van der Waals surface area (Å²) < 4.78 is 17.6. The maximum Gasteiger partial charge on any atom is 0.336 e. The number of nitro groups is 1. The molecule has 0 saturated carbocycles. The molecule has 0 aliphatic heterocycles. The van der Waals surface area contributed by atoms with Crippen LogP contribution in [0.3, 0.4) is 0 Å². The van der Waals surface area contributed by atoms with Crippen LogP contribution in [-0.4, -0.2) is 53.0 Å². The molecule has 184 valence electrons. The summed E-state index contributed by atoms with van der Waals surface area (Å²) in [7, 11) is 3.16. The van der Waals surface area contributed by atoms with Crippen LogP contribution in [0.4, 0.5) is 11.4 Å². The molecular weight excluding hydrogens is 466 g/mol. The lowest BCUT2D eigenvalue weighted by Crippen LogP contribution is -2.12. The van der Waals surface area contributed by atoms with Crippen molar-refractivity contribution in [1.29, 1.82) is 0 Å². The molecule has 0 radical (unpaired) electrons. The predicted octanol–water partition coefficient (Wildman–Crippen LogP) is 4.13. The molecule has 0 fully saturated rings. The lowest BCUT2D eigenvalue weighted by molar-refractivity contribution is -0.384. The second-order valence-electron chi connectivity index (χ2n) is 7.51. The van der Waals surface area contributed by atoms with Gasteiger partial charge in [-0.1, -0.05) is 18.2 Å². The number of methoxy groups -OCH3 is 2. The molecular formula is C25H23N5O6. The van der Waals surface area contributed by atoms with E-state index in [-0.39, 0.29) is 23.9 Å². The summed E-state index contributed by atoms with van der Waals surface area (Å²) in [5.41, 5.74) is 2.09. The van der Waals surface area contributed by atoms with Gasteiger partial charge in [0.1, 0.15) is 12.4 Å². The maximum atomic E-state index is 12.7. The summed E-state index contributed by atoms with van der Waals surface area (Å²) in [6.45, 7) is 0.663. The highest BCUT2D eigenvalue weighted by molar-refractivity contribution is 6.04. The number of amides is 1. The fourth-order valence-electron chi connectivity index (χ4n) is 3.35. The van der Waals surface area contributed by atoms with E-state index in [0.717, 1.165) is 5.56 Å². The molecule has 1 amide bonds. The van der Waals surface area contributed by atoms with Gasteiger partial charge >= 0.3 is 6.01 Å². The number of carbonyl (C=O) groups excluding carboxylic acids is 1. The first kappa shape index (κ1) is 24.4. The Morgan fingerprint density at radius 2 is 1.81 bits per heavy atom. The topological polar surface area (TPSA) is 131 Å². The van der Waals surface area contributed by atoms with Crippen molar-refractivity contribution in [1.82, 2.24) is 14.8 Å². The largest absolute Gasteiger partial charge is 0.497 e. The van der Waals surface area contributed by atoms with Crippen molar-refractivity contribution >= 4 is 17.3 Å². The Morgan fingerprint density at radius 1 is 1.03 bits per heavy atom. The molecule has 36 heavy (non-hydrogen) atoms. The second kappa shape index (κ2) is 11.1. The summed E-state index contributed by atoms with van der Waals surface area (Å²) in [6.07, 6.45) is 0. The van der Waals surface area contributed by atoms with Crippen LogP contribution < -0.4 is 14.8 Å². The molecule has 0 aliphatic rings. The van der Waals surface area contributed by atoms with E-state index < -0.39 is 10.8 Å². The van der Waals surface area contributed by atoms with Gasteiger partial charge < -0.3 is 19.5 Å². The van der Waals surface area contributed by atoms with Crippen molar-refractivity contribution in [2.45, 2.75) is 0 Å². The van der Waals surface area contributed by atoms with Crippen molar-refractivity contribution < 1.29 is 23.9 Å². The number of nitrogens with one attached hydrogen (secondary N) is 1. The van der Waals surface area contributed by atoms with Crippen molar-refractivity contribution in [2.75, 3.05) is 32.8 Å². The third-order valence-corrected chi connectivity index (χ3v) is 5.12. The molecule has 3 aromatic carbocycles. The summed E-state index contributed by atoms with van der Waals surface area (Å²) >= 11 is 0. The summed E-state index contributed by atoms with van der Waals surface area (Å²) in [6, 6.07) is 20.0. The molecule has 1 N–H and O–H groups in total. The molecule has 1 heterocycles. The minimum Gasteiger partial charge on any atom is -0.497 e. The van der Waals surface area contributed by atoms with Gasteiger partial charge in [-0.05, 0) is 42.5 Å². The number of anilines is 1. The van der Waals surface area contributed by atoms with Crippen LogP contribution in [-0.2, 0) is 4.74 Å². The molecule has 0 saturated heterocycles. The second-order valence-corrected chi connectivity index (χ2v) is 7.51. The monoisotopic (exact) mass is 489 g/mol. The van der Waals surface area contributed by atoms with E-state index >= 15 is 0 Å². The van der Waals surface area contributed by atoms with E-state index in [9.17, 15) is 14.9 Å². The van der Waals surface area contributed by atoms with Crippen LogP contribution in [0, 0.1) is 10.1 Å². The molecule has 1 aromatic heterocycles. The highest BCUT2D eigenvalue weighted by Crippen LogP contribution is 2.27. The van der Waals surface area contributed by atoms with Gasteiger partial charge in [-0.15, -0.1) is 5.10 Å². The predicted molar refractivity (Wildman–Crippen MR) is 132 cm³/mol. The summed E-state index contributed by atoms with van der Waals surface area (Å²) in [5, 5.41) is 18.2. The minimum atomic E-state index is -0.517. The highest BCUT2D eigenvalue weighted by atomic mass is 16.6. The van der Waals surface area contributed by atoms with Crippen LogP contribution in [0.5, 0.6) is 11.8 Å². The lowest BCUT2D eigenvalue weighted by Gasteiger charge is -2.10. The zero-order valence-corrected chi connectivity index (χ0v) is 19.6. The van der Waals surface area contributed by atoms with Gasteiger partial charge in [-0.3, -0.25) is 14.9 Å². The zero-order valence-electron chi connectivity index (χ0n) is 19.6. The molecule has 11 heteroatoms. The Balaban J connectivity index is 1.64. The third kappa shape index (κ3) is 5.65. The molecule has 4 rings (SSSR count). The first-order chi connectivity index (χ1) is 17.5. The number of aromatic nitrogens is 3. The summed E-state index contributed by atoms with van der Waals surface area (Å²) in [4.78, 5) is 27.6. The zero-order chi connectivity index (χ0) is 25.5. The number of ether oxygens (including phenoxy) is 3. The van der Waals surface area contributed by atoms with Crippen LogP contribution in [0.25, 0.3) is 17.1 Å². The summed E-state index contributed by atoms with van der Waals surface area (Å²) in [5.74, 6) is 0.769. The first-order valence-electron chi connectivity index (χ1n) is 10.9. The van der Waals surface area contributed by atoms with Gasteiger partial charge in [-0.25, -0.2) is 4.68 Å². The average Bonchev–Trinajstić information content (AvgIpc) is 3.33. The number of nitro benzene ring substituents is 1. The van der Waals surface area contributed by atoms with Gasteiger partial charge in [0.15, 0.2) is 5.82 Å². The van der Waals surface area contributed by atoms with E-state index in [1.807, 2.05) is 30.3 Å². The van der Waals surface area contributed by atoms with Gasteiger partial charge in [0.25, 0.3) is 11.6 Å². The van der Waals surface area contributed by atoms with E-state index in [0.29, 0.717) is 29.6 Å². The van der Waals surface area contributed by atoms with Gasteiger partial charge in [-0.2, -0.15) is 4.98 Å². The van der Waals surface area contributed by atoms with Gasteiger partial charge in [0, 0.05) is 36.1 Å². The highest BCUT2D eigenvalue weighted by Gasteiger charge is 2.17. The fraction of sp³-hybridized carbons (Fsp3) is 0.160.